The van der Waals surface area contributed by atoms with E-state index in [-0.39, 0.29) is 5.43 Å². The van der Waals surface area contributed by atoms with Crippen molar-refractivity contribution >= 4 is 10.9 Å². The second kappa shape index (κ2) is 6.99. The molecule has 1 aliphatic rings. The summed E-state index contributed by atoms with van der Waals surface area (Å²) in [5.74, 6) is 1.68. The van der Waals surface area contributed by atoms with Crippen molar-refractivity contribution in [2.75, 3.05) is 0 Å². The first-order valence-corrected chi connectivity index (χ1v) is 9.55. The Morgan fingerprint density at radius 3 is 2.50 bits per heavy atom. The van der Waals surface area contributed by atoms with Gasteiger partial charge in [0.25, 0.3) is 0 Å². The number of rotatable bonds is 3. The van der Waals surface area contributed by atoms with E-state index >= 15 is 0 Å². The molecule has 0 unspecified atom stereocenters. The third-order valence-corrected chi connectivity index (χ3v) is 5.85. The molecule has 2 aromatic carbocycles. The molecule has 3 nitrogen and oxygen atoms in total. The Bertz CT molecular complexity index is 967. The van der Waals surface area contributed by atoms with E-state index in [9.17, 15) is 9.90 Å². The van der Waals surface area contributed by atoms with E-state index in [0.29, 0.717) is 22.6 Å². The fourth-order valence-corrected chi connectivity index (χ4v) is 4.21. The lowest BCUT2D eigenvalue weighted by molar-refractivity contribution is 0.287. The minimum absolute atomic E-state index is 0.0171. The number of hydrogen-bond donors (Lipinski definition) is 2. The van der Waals surface area contributed by atoms with Crippen molar-refractivity contribution < 1.29 is 5.11 Å². The number of nitrogens with one attached hydrogen (secondary N) is 1. The summed E-state index contributed by atoms with van der Waals surface area (Å²) in [6.45, 7) is 2.31. The maximum absolute atomic E-state index is 13.0. The monoisotopic (exact) mass is 347 g/mol. The van der Waals surface area contributed by atoms with Gasteiger partial charge in [0.15, 0.2) is 5.43 Å². The zero-order valence-corrected chi connectivity index (χ0v) is 15.2. The Morgan fingerprint density at radius 2 is 1.77 bits per heavy atom. The molecule has 1 saturated carbocycles. The van der Waals surface area contributed by atoms with Gasteiger partial charge in [0, 0.05) is 22.7 Å². The molecule has 0 bridgehead atoms. The van der Waals surface area contributed by atoms with Gasteiger partial charge in [-0.1, -0.05) is 50.1 Å². The van der Waals surface area contributed by atoms with Crippen LogP contribution in [0.5, 0.6) is 5.75 Å². The van der Waals surface area contributed by atoms with E-state index in [4.69, 9.17) is 0 Å². The van der Waals surface area contributed by atoms with Gasteiger partial charge in [0.2, 0.25) is 0 Å². The molecule has 1 fully saturated rings. The van der Waals surface area contributed by atoms with Crippen LogP contribution in [0.25, 0.3) is 22.0 Å². The molecule has 0 aliphatic heterocycles. The molecule has 1 aliphatic carbocycles. The number of hydrogen-bond acceptors (Lipinski definition) is 2. The number of aromatic nitrogens is 1. The predicted molar refractivity (Wildman–Crippen MR) is 106 cm³/mol. The van der Waals surface area contributed by atoms with Gasteiger partial charge in [-0.3, -0.25) is 4.79 Å². The standard InChI is InChI=1S/C23H25NO2/c1-15-7-9-16(10-8-15)13-19-21(25)12-11-18-22(19)24-14-20(23(18)26)17-5-3-2-4-6-17/h2-6,11-12,14-16,25H,7-10,13H2,1H3,(H,24,26). The van der Waals surface area contributed by atoms with Crippen LogP contribution in [0.2, 0.25) is 0 Å². The second-order valence-corrected chi connectivity index (χ2v) is 7.71. The quantitative estimate of drug-likeness (QED) is 0.678. The van der Waals surface area contributed by atoms with Crippen molar-refractivity contribution in [3.05, 3.63) is 64.4 Å². The number of phenols is 1. The number of aromatic hydroxyl groups is 1. The van der Waals surface area contributed by atoms with Crippen molar-refractivity contribution in [2.45, 2.75) is 39.0 Å². The zero-order valence-electron chi connectivity index (χ0n) is 15.2. The molecule has 1 heterocycles. The fraction of sp³-hybridized carbons (Fsp3) is 0.348. The number of phenolic OH excluding ortho intramolecular Hbond substituents is 1. The molecule has 0 amide bonds. The van der Waals surface area contributed by atoms with E-state index < -0.39 is 0 Å². The van der Waals surface area contributed by atoms with Crippen LogP contribution in [0.3, 0.4) is 0 Å². The normalized spacial score (nSPS) is 20.3. The first kappa shape index (κ1) is 16.9. The highest BCUT2D eigenvalue weighted by atomic mass is 16.3. The molecular formula is C23H25NO2. The van der Waals surface area contributed by atoms with Crippen molar-refractivity contribution in [1.82, 2.24) is 4.98 Å². The lowest BCUT2D eigenvalue weighted by Crippen LogP contribution is -2.15. The lowest BCUT2D eigenvalue weighted by Gasteiger charge is -2.26. The number of fused-ring (bicyclic) bond motifs is 1. The van der Waals surface area contributed by atoms with Crippen LogP contribution in [0.15, 0.2) is 53.5 Å². The minimum Gasteiger partial charge on any atom is -0.508 e. The van der Waals surface area contributed by atoms with E-state index in [2.05, 4.69) is 11.9 Å². The van der Waals surface area contributed by atoms with Gasteiger partial charge in [-0.05, 0) is 48.8 Å². The summed E-state index contributed by atoms with van der Waals surface area (Å²) in [5.41, 5.74) is 3.27. The Morgan fingerprint density at radius 1 is 1.04 bits per heavy atom. The number of H-pyrrole nitrogens is 1. The Kier molecular flexibility index (Phi) is 4.54. The molecule has 134 valence electrons. The molecule has 2 N–H and O–H groups in total. The first-order chi connectivity index (χ1) is 12.6. The topological polar surface area (TPSA) is 53.1 Å². The molecule has 0 radical (unpaired) electrons. The van der Waals surface area contributed by atoms with E-state index in [1.54, 1.807) is 18.3 Å². The van der Waals surface area contributed by atoms with Gasteiger partial charge in [-0.2, -0.15) is 0 Å². The lowest BCUT2D eigenvalue weighted by atomic mass is 9.79. The smallest absolute Gasteiger partial charge is 0.197 e. The summed E-state index contributed by atoms with van der Waals surface area (Å²) in [4.78, 5) is 16.3. The Labute approximate surface area is 153 Å². The predicted octanol–water partition coefficient (Wildman–Crippen LogP) is 5.27. The van der Waals surface area contributed by atoms with Gasteiger partial charge in [-0.15, -0.1) is 0 Å². The van der Waals surface area contributed by atoms with Crippen LogP contribution >= 0.6 is 0 Å². The van der Waals surface area contributed by atoms with Crippen LogP contribution in [0.4, 0.5) is 0 Å². The molecular weight excluding hydrogens is 322 g/mol. The number of pyridine rings is 1. The zero-order chi connectivity index (χ0) is 18.1. The number of benzene rings is 2. The summed E-state index contributed by atoms with van der Waals surface area (Å²) in [6, 6.07) is 13.1. The highest BCUT2D eigenvalue weighted by Crippen LogP contribution is 2.35. The number of aromatic amines is 1. The van der Waals surface area contributed by atoms with E-state index in [1.165, 1.54) is 25.7 Å². The maximum atomic E-state index is 13.0. The summed E-state index contributed by atoms with van der Waals surface area (Å²) >= 11 is 0. The van der Waals surface area contributed by atoms with E-state index in [1.807, 2.05) is 30.3 Å². The second-order valence-electron chi connectivity index (χ2n) is 7.71. The van der Waals surface area contributed by atoms with Gasteiger partial charge in [0.1, 0.15) is 5.75 Å². The van der Waals surface area contributed by atoms with Gasteiger partial charge >= 0.3 is 0 Å². The molecule has 0 spiro atoms. The first-order valence-electron chi connectivity index (χ1n) is 9.55. The van der Waals surface area contributed by atoms with Crippen molar-refractivity contribution in [2.24, 2.45) is 11.8 Å². The minimum atomic E-state index is 0.0171. The average molecular weight is 347 g/mol. The van der Waals surface area contributed by atoms with Crippen LogP contribution in [-0.4, -0.2) is 10.1 Å². The largest absolute Gasteiger partial charge is 0.508 e. The highest BCUT2D eigenvalue weighted by Gasteiger charge is 2.21. The van der Waals surface area contributed by atoms with Gasteiger partial charge in [-0.25, -0.2) is 0 Å². The van der Waals surface area contributed by atoms with Crippen molar-refractivity contribution in [1.29, 1.82) is 0 Å². The fourth-order valence-electron chi connectivity index (χ4n) is 4.21. The van der Waals surface area contributed by atoms with Gasteiger partial charge < -0.3 is 10.1 Å². The van der Waals surface area contributed by atoms with E-state index in [0.717, 1.165) is 29.0 Å². The summed E-state index contributed by atoms with van der Waals surface area (Å²) < 4.78 is 0. The third kappa shape index (κ3) is 3.14. The Balaban J connectivity index is 1.76. The molecule has 0 atom stereocenters. The van der Waals surface area contributed by atoms with Crippen LogP contribution in [-0.2, 0) is 6.42 Å². The van der Waals surface area contributed by atoms with Crippen LogP contribution in [0.1, 0.15) is 38.2 Å². The molecule has 0 saturated heterocycles. The molecule has 4 rings (SSSR count). The highest BCUT2D eigenvalue weighted by molar-refractivity contribution is 5.87. The van der Waals surface area contributed by atoms with Crippen molar-refractivity contribution in [3.63, 3.8) is 0 Å². The average Bonchev–Trinajstić information content (AvgIpc) is 2.66. The molecule has 1 aromatic heterocycles. The molecule has 3 heteroatoms. The summed E-state index contributed by atoms with van der Waals surface area (Å²) in [6.07, 6.45) is 7.52. The maximum Gasteiger partial charge on any atom is 0.197 e. The summed E-state index contributed by atoms with van der Waals surface area (Å²) in [7, 11) is 0. The van der Waals surface area contributed by atoms with Crippen LogP contribution in [0, 0.1) is 11.8 Å². The van der Waals surface area contributed by atoms with Crippen molar-refractivity contribution in [3.8, 4) is 16.9 Å². The SMILES string of the molecule is CC1CCC(Cc2c(O)ccc3c(=O)c(-c4ccccc4)c[nH]c23)CC1. The third-order valence-electron chi connectivity index (χ3n) is 5.85. The Hall–Kier alpha value is -2.55. The van der Waals surface area contributed by atoms with Crippen LogP contribution < -0.4 is 5.43 Å². The molecule has 26 heavy (non-hydrogen) atoms. The molecule has 3 aromatic rings. The van der Waals surface area contributed by atoms with Gasteiger partial charge in [0.05, 0.1) is 5.52 Å². The summed E-state index contributed by atoms with van der Waals surface area (Å²) in [5, 5.41) is 11.1.